The topological polar surface area (TPSA) is 191 Å². The monoisotopic (exact) mass is 650 g/mol. The Hall–Kier alpha value is -3.66. The minimum absolute atomic E-state index is 0.0550. The zero-order valence-electron chi connectivity index (χ0n) is 24.9. The van der Waals surface area contributed by atoms with Gasteiger partial charge in [0, 0.05) is 36.7 Å². The number of carbonyl (C=O) groups is 2. The standard InChI is InChI=1S/C29H38N4O9S2/c1-17(2)26(18(3)4)27(30)42-25(43)13-20-12-24(28(34)31-21-6-5-7-23(14-21)44(38,39)40)32(15-20)29(35)41-16-19-8-10-22(11-9-19)33(36)37/h5-11,14,17-18,20,24,26-27H,12-13,15-16,30H2,1-4H3,(H,31,34)(H,38,39,40)/t20-,24-,27?/m0/s1. The molecular weight excluding hydrogens is 612 g/mol. The van der Waals surface area contributed by atoms with Crippen molar-refractivity contribution in [3.8, 4) is 0 Å². The van der Waals surface area contributed by atoms with Crippen molar-refractivity contribution in [1.29, 1.82) is 0 Å². The van der Waals surface area contributed by atoms with Gasteiger partial charge in [-0.3, -0.25) is 30.1 Å². The second-order valence-corrected chi connectivity index (χ2v) is 13.3. The molecule has 2 amide bonds. The van der Waals surface area contributed by atoms with Gasteiger partial charge in [-0.15, -0.1) is 0 Å². The predicted octanol–water partition coefficient (Wildman–Crippen LogP) is 4.75. The summed E-state index contributed by atoms with van der Waals surface area (Å²) in [5, 5.41) is 13.8. The van der Waals surface area contributed by atoms with Crippen LogP contribution < -0.4 is 11.1 Å². The third kappa shape index (κ3) is 9.42. The van der Waals surface area contributed by atoms with Crippen molar-refractivity contribution in [2.75, 3.05) is 11.9 Å². The SMILES string of the molecule is CC(C)C(C(C)C)C(N)OC(=S)C[C@@H]1C[C@@H](C(=O)Nc2cccc(S(=O)(=O)O)c2)N(C(=O)OCc2ccc([N+](=O)[O-])cc2)C1. The summed E-state index contributed by atoms with van der Waals surface area (Å²) in [6.07, 6.45) is -0.964. The zero-order chi connectivity index (χ0) is 32.8. The Morgan fingerprint density at radius 1 is 1.16 bits per heavy atom. The van der Waals surface area contributed by atoms with E-state index in [0.29, 0.717) is 5.56 Å². The molecule has 0 radical (unpaired) electrons. The van der Waals surface area contributed by atoms with Crippen molar-refractivity contribution >= 4 is 50.8 Å². The second kappa shape index (κ2) is 14.9. The van der Waals surface area contributed by atoms with Crippen LogP contribution >= 0.6 is 12.2 Å². The summed E-state index contributed by atoms with van der Waals surface area (Å²) < 4.78 is 43.8. The van der Waals surface area contributed by atoms with E-state index in [0.717, 1.165) is 6.07 Å². The number of amides is 2. The summed E-state index contributed by atoms with van der Waals surface area (Å²) in [6, 6.07) is 9.58. The van der Waals surface area contributed by atoms with Crippen LogP contribution in [0.3, 0.4) is 0 Å². The number of nitrogens with zero attached hydrogens (tertiary/aromatic N) is 2. The lowest BCUT2D eigenvalue weighted by Crippen LogP contribution is -2.43. The highest BCUT2D eigenvalue weighted by molar-refractivity contribution is 7.85. The van der Waals surface area contributed by atoms with Crippen LogP contribution in [0.5, 0.6) is 0 Å². The average Bonchev–Trinajstić information content (AvgIpc) is 3.35. The van der Waals surface area contributed by atoms with Crippen LogP contribution in [0.2, 0.25) is 0 Å². The molecule has 1 aliphatic heterocycles. The van der Waals surface area contributed by atoms with Gasteiger partial charge in [0.2, 0.25) is 5.91 Å². The molecule has 44 heavy (non-hydrogen) atoms. The Balaban J connectivity index is 1.75. The Morgan fingerprint density at radius 3 is 2.36 bits per heavy atom. The van der Waals surface area contributed by atoms with Crippen molar-refractivity contribution in [3.63, 3.8) is 0 Å². The number of likely N-dealkylation sites (tertiary alicyclic amines) is 1. The van der Waals surface area contributed by atoms with Gasteiger partial charge in [-0.25, -0.2) is 4.79 Å². The average molecular weight is 651 g/mol. The molecule has 240 valence electrons. The number of nitro benzene ring substituents is 1. The van der Waals surface area contributed by atoms with Crippen molar-refractivity contribution in [2.45, 2.75) is 64.3 Å². The van der Waals surface area contributed by atoms with E-state index in [1.54, 1.807) is 0 Å². The molecule has 1 aliphatic rings. The van der Waals surface area contributed by atoms with Crippen molar-refractivity contribution in [3.05, 3.63) is 64.2 Å². The molecule has 0 aliphatic carbocycles. The summed E-state index contributed by atoms with van der Waals surface area (Å²) in [4.78, 5) is 37.8. The van der Waals surface area contributed by atoms with Crippen molar-refractivity contribution < 1.29 is 37.0 Å². The quantitative estimate of drug-likeness (QED) is 0.0944. The first-order chi connectivity index (χ1) is 20.6. The largest absolute Gasteiger partial charge is 0.469 e. The molecule has 3 atom stereocenters. The van der Waals surface area contributed by atoms with Gasteiger partial charge in [0.15, 0.2) is 11.3 Å². The van der Waals surface area contributed by atoms with E-state index < -0.39 is 44.2 Å². The molecule has 15 heteroatoms. The molecule has 0 spiro atoms. The molecule has 1 unspecified atom stereocenters. The fourth-order valence-electron chi connectivity index (χ4n) is 5.47. The van der Waals surface area contributed by atoms with E-state index >= 15 is 0 Å². The molecule has 1 fully saturated rings. The summed E-state index contributed by atoms with van der Waals surface area (Å²) >= 11 is 5.50. The Morgan fingerprint density at radius 2 is 1.80 bits per heavy atom. The number of benzene rings is 2. The van der Waals surface area contributed by atoms with Crippen molar-refractivity contribution in [2.24, 2.45) is 29.4 Å². The van der Waals surface area contributed by atoms with Crippen LogP contribution in [-0.2, 0) is 31.0 Å². The molecule has 0 aromatic heterocycles. The normalized spacial score (nSPS) is 17.5. The third-order valence-corrected chi connectivity index (χ3v) is 8.59. The lowest BCUT2D eigenvalue weighted by molar-refractivity contribution is -0.384. The number of nitrogens with one attached hydrogen (secondary N) is 1. The number of rotatable bonds is 12. The summed E-state index contributed by atoms with van der Waals surface area (Å²) in [5.74, 6) is -0.312. The van der Waals surface area contributed by atoms with Gasteiger partial charge < -0.3 is 14.8 Å². The Labute approximate surface area is 262 Å². The van der Waals surface area contributed by atoms with Gasteiger partial charge in [0.25, 0.3) is 15.8 Å². The van der Waals surface area contributed by atoms with E-state index in [9.17, 15) is 32.7 Å². The van der Waals surface area contributed by atoms with Gasteiger partial charge in [-0.2, -0.15) is 8.42 Å². The van der Waals surface area contributed by atoms with E-state index in [4.69, 9.17) is 27.4 Å². The molecule has 0 saturated carbocycles. The van der Waals surface area contributed by atoms with Crippen LogP contribution in [0, 0.1) is 33.8 Å². The maximum absolute atomic E-state index is 13.4. The number of non-ortho nitro benzene ring substituents is 1. The molecular formula is C29H38N4O9S2. The van der Waals surface area contributed by atoms with Crippen molar-refractivity contribution in [1.82, 2.24) is 4.90 Å². The van der Waals surface area contributed by atoms with Crippen LogP contribution in [0.4, 0.5) is 16.2 Å². The first-order valence-electron chi connectivity index (χ1n) is 14.1. The Bertz CT molecular complexity index is 1460. The summed E-state index contributed by atoms with van der Waals surface area (Å²) in [7, 11) is -4.51. The van der Waals surface area contributed by atoms with E-state index in [-0.39, 0.29) is 66.1 Å². The first kappa shape index (κ1) is 34.8. The molecule has 2 aromatic rings. The zero-order valence-corrected chi connectivity index (χ0v) is 26.5. The minimum atomic E-state index is -4.51. The van der Waals surface area contributed by atoms with Gasteiger partial charge in [-0.1, -0.05) is 33.8 Å². The number of hydrogen-bond donors (Lipinski definition) is 3. The smallest absolute Gasteiger partial charge is 0.410 e. The van der Waals surface area contributed by atoms with E-state index in [1.807, 2.05) is 0 Å². The van der Waals surface area contributed by atoms with Gasteiger partial charge in [0.05, 0.1) is 9.82 Å². The number of carbonyl (C=O) groups excluding carboxylic acids is 2. The number of ether oxygens (including phenoxy) is 2. The fraction of sp³-hybridized carbons (Fsp3) is 0.483. The van der Waals surface area contributed by atoms with Gasteiger partial charge in [-0.05, 0) is 72.3 Å². The maximum Gasteiger partial charge on any atom is 0.410 e. The lowest BCUT2D eigenvalue weighted by atomic mass is 9.84. The highest BCUT2D eigenvalue weighted by atomic mass is 32.2. The predicted molar refractivity (Wildman–Crippen MR) is 166 cm³/mol. The van der Waals surface area contributed by atoms with Gasteiger partial charge >= 0.3 is 6.09 Å². The molecule has 4 N–H and O–H groups in total. The molecule has 3 rings (SSSR count). The van der Waals surface area contributed by atoms with Crippen LogP contribution in [0.15, 0.2) is 53.4 Å². The van der Waals surface area contributed by atoms with Crippen LogP contribution in [0.25, 0.3) is 0 Å². The highest BCUT2D eigenvalue weighted by Gasteiger charge is 2.41. The number of nitro groups is 1. The van der Waals surface area contributed by atoms with Crippen LogP contribution in [0.1, 0.15) is 46.1 Å². The van der Waals surface area contributed by atoms with E-state index in [2.05, 4.69) is 33.0 Å². The van der Waals surface area contributed by atoms with E-state index in [1.165, 1.54) is 47.4 Å². The number of thiocarbonyl (C=S) groups is 1. The van der Waals surface area contributed by atoms with Crippen LogP contribution in [-0.4, -0.2) is 58.7 Å². The lowest BCUT2D eigenvalue weighted by Gasteiger charge is -2.31. The molecule has 2 aromatic carbocycles. The summed E-state index contributed by atoms with van der Waals surface area (Å²) in [6.45, 7) is 8.15. The first-order valence-corrected chi connectivity index (χ1v) is 15.9. The number of nitrogens with two attached hydrogens (primary N) is 1. The number of hydrogen-bond acceptors (Lipinski definition) is 10. The second-order valence-electron chi connectivity index (χ2n) is 11.5. The molecule has 13 nitrogen and oxygen atoms in total. The fourth-order valence-corrected chi connectivity index (χ4v) is 6.34. The molecule has 1 heterocycles. The molecule has 0 bridgehead atoms. The minimum Gasteiger partial charge on any atom is -0.469 e. The van der Waals surface area contributed by atoms with Gasteiger partial charge in [0.1, 0.15) is 12.6 Å². The highest BCUT2D eigenvalue weighted by Crippen LogP contribution is 2.30. The Kier molecular flexibility index (Phi) is 11.8. The maximum atomic E-state index is 13.4. The molecule has 1 saturated heterocycles. The summed E-state index contributed by atoms with van der Waals surface area (Å²) in [5.41, 5.74) is 6.84. The number of anilines is 1. The third-order valence-electron chi connectivity index (χ3n) is 7.48.